The van der Waals surface area contributed by atoms with E-state index in [-0.39, 0.29) is 5.76 Å². The molecule has 0 saturated heterocycles. The second kappa shape index (κ2) is 7.14. The summed E-state index contributed by atoms with van der Waals surface area (Å²) in [6.07, 6.45) is 1.44. The Balaban J connectivity index is 1.69. The molecule has 1 heterocycles. The van der Waals surface area contributed by atoms with Crippen molar-refractivity contribution in [2.45, 2.75) is 0 Å². The average molecular weight is 385 g/mol. The summed E-state index contributed by atoms with van der Waals surface area (Å²) in [6, 6.07) is 17.9. The second-order valence-corrected chi connectivity index (χ2v) is 5.86. The molecule has 0 saturated carbocycles. The maximum Gasteiger partial charge on any atom is 0.306 e. The number of carbonyl (C=O) groups is 2. The molecule has 2 amide bonds. The lowest BCUT2D eigenvalue weighted by atomic mass is 10.1. The van der Waals surface area contributed by atoms with Gasteiger partial charge in [0.25, 0.3) is 5.91 Å². The molecule has 0 fully saturated rings. The van der Waals surface area contributed by atoms with Gasteiger partial charge in [-0.15, -0.1) is 0 Å². The Bertz CT molecular complexity index is 857. The van der Waals surface area contributed by atoms with Crippen molar-refractivity contribution in [3.8, 4) is 11.1 Å². The van der Waals surface area contributed by atoms with Gasteiger partial charge in [0, 0.05) is 15.6 Å². The maximum atomic E-state index is 12.3. The normalized spacial score (nSPS) is 10.2. The van der Waals surface area contributed by atoms with E-state index < -0.39 is 11.8 Å². The number of halogens is 1. The van der Waals surface area contributed by atoms with Crippen molar-refractivity contribution in [1.82, 2.24) is 10.9 Å². The Morgan fingerprint density at radius 1 is 0.833 bits per heavy atom. The third-order valence-corrected chi connectivity index (χ3v) is 3.88. The number of hydrogen-bond acceptors (Lipinski definition) is 3. The molecule has 2 aromatic carbocycles. The first-order chi connectivity index (χ1) is 11.6. The molecule has 0 aliphatic rings. The van der Waals surface area contributed by atoms with Crippen LogP contribution in [0.4, 0.5) is 0 Å². The van der Waals surface area contributed by atoms with Crippen LogP contribution in [0.25, 0.3) is 11.1 Å². The molecule has 3 aromatic rings. The van der Waals surface area contributed by atoms with Gasteiger partial charge in [0.2, 0.25) is 5.76 Å². The Labute approximate surface area is 146 Å². The largest absolute Gasteiger partial charge is 0.458 e. The van der Waals surface area contributed by atoms with Crippen LogP contribution in [0.3, 0.4) is 0 Å². The number of nitrogens with one attached hydrogen (secondary N) is 2. The molecule has 0 bridgehead atoms. The monoisotopic (exact) mass is 384 g/mol. The predicted octanol–water partition coefficient (Wildman–Crippen LogP) is 3.78. The molecular formula is C18H13BrN2O3. The maximum absolute atomic E-state index is 12.3. The van der Waals surface area contributed by atoms with Gasteiger partial charge in [-0.1, -0.05) is 46.3 Å². The van der Waals surface area contributed by atoms with E-state index in [2.05, 4.69) is 26.8 Å². The van der Waals surface area contributed by atoms with Gasteiger partial charge in [0.15, 0.2) is 0 Å². The predicted molar refractivity (Wildman–Crippen MR) is 93.2 cm³/mol. The molecule has 0 aliphatic carbocycles. The summed E-state index contributed by atoms with van der Waals surface area (Å²) in [5, 5.41) is 0. The Morgan fingerprint density at radius 3 is 2.21 bits per heavy atom. The van der Waals surface area contributed by atoms with Crippen LogP contribution < -0.4 is 10.9 Å². The van der Waals surface area contributed by atoms with Gasteiger partial charge in [-0.25, -0.2) is 0 Å². The molecule has 0 atom stereocenters. The van der Waals surface area contributed by atoms with E-state index in [1.54, 1.807) is 30.3 Å². The van der Waals surface area contributed by atoms with Crippen LogP contribution in [-0.2, 0) is 0 Å². The third kappa shape index (κ3) is 3.55. The summed E-state index contributed by atoms with van der Waals surface area (Å²) in [4.78, 5) is 24.3. The summed E-state index contributed by atoms with van der Waals surface area (Å²) in [6.45, 7) is 0. The van der Waals surface area contributed by atoms with Crippen molar-refractivity contribution in [1.29, 1.82) is 0 Å². The average Bonchev–Trinajstić information content (AvgIpc) is 3.10. The number of hydrogen-bond donors (Lipinski definition) is 2. The second-order valence-electron chi connectivity index (χ2n) is 4.94. The lowest BCUT2D eigenvalue weighted by Gasteiger charge is -2.07. The van der Waals surface area contributed by atoms with Crippen LogP contribution in [0.5, 0.6) is 0 Å². The van der Waals surface area contributed by atoms with Crippen molar-refractivity contribution >= 4 is 27.7 Å². The zero-order valence-corrected chi connectivity index (χ0v) is 14.0. The van der Waals surface area contributed by atoms with Crippen molar-refractivity contribution in [2.75, 3.05) is 0 Å². The molecule has 0 spiro atoms. The number of furan rings is 1. The van der Waals surface area contributed by atoms with Gasteiger partial charge in [-0.2, -0.15) is 0 Å². The number of carbonyl (C=O) groups excluding carboxylic acids is 2. The number of benzene rings is 2. The quantitative estimate of drug-likeness (QED) is 0.674. The number of amides is 2. The van der Waals surface area contributed by atoms with Crippen LogP contribution >= 0.6 is 15.9 Å². The first-order valence-electron chi connectivity index (χ1n) is 7.14. The van der Waals surface area contributed by atoms with Crippen molar-refractivity contribution in [3.05, 3.63) is 82.7 Å². The summed E-state index contributed by atoms with van der Waals surface area (Å²) < 4.78 is 6.13. The van der Waals surface area contributed by atoms with Gasteiger partial charge >= 0.3 is 5.91 Å². The topological polar surface area (TPSA) is 71.3 Å². The molecule has 120 valence electrons. The van der Waals surface area contributed by atoms with Crippen LogP contribution in [-0.4, -0.2) is 11.8 Å². The van der Waals surface area contributed by atoms with E-state index in [4.69, 9.17) is 4.42 Å². The van der Waals surface area contributed by atoms with E-state index in [0.29, 0.717) is 11.1 Å². The Kier molecular flexibility index (Phi) is 4.77. The summed E-state index contributed by atoms with van der Waals surface area (Å²) in [5.74, 6) is -0.801. The molecule has 1 aromatic heterocycles. The van der Waals surface area contributed by atoms with Gasteiger partial charge < -0.3 is 4.42 Å². The van der Waals surface area contributed by atoms with E-state index in [1.807, 2.05) is 30.3 Å². The highest BCUT2D eigenvalue weighted by molar-refractivity contribution is 9.10. The summed E-state index contributed by atoms with van der Waals surface area (Å²) >= 11 is 3.30. The van der Waals surface area contributed by atoms with Crippen molar-refractivity contribution in [3.63, 3.8) is 0 Å². The van der Waals surface area contributed by atoms with E-state index in [1.165, 1.54) is 6.26 Å². The fourth-order valence-electron chi connectivity index (χ4n) is 2.17. The van der Waals surface area contributed by atoms with Gasteiger partial charge in [0.1, 0.15) is 0 Å². The molecule has 6 heteroatoms. The van der Waals surface area contributed by atoms with Crippen molar-refractivity contribution < 1.29 is 14.0 Å². The Hall–Kier alpha value is -2.86. The van der Waals surface area contributed by atoms with Gasteiger partial charge in [-0.3, -0.25) is 20.4 Å². The zero-order chi connectivity index (χ0) is 16.9. The van der Waals surface area contributed by atoms with Crippen molar-refractivity contribution in [2.24, 2.45) is 0 Å². The molecule has 2 N–H and O–H groups in total. The number of rotatable bonds is 3. The fraction of sp³-hybridized carbons (Fsp3) is 0. The van der Waals surface area contributed by atoms with Gasteiger partial charge in [0.05, 0.1) is 6.26 Å². The summed E-state index contributed by atoms with van der Waals surface area (Å²) in [5.41, 5.74) is 6.68. The molecule has 0 radical (unpaired) electrons. The molecule has 0 aliphatic heterocycles. The van der Waals surface area contributed by atoms with Crippen LogP contribution in [0, 0.1) is 0 Å². The van der Waals surface area contributed by atoms with E-state index >= 15 is 0 Å². The standard InChI is InChI=1S/C18H13BrN2O3/c19-14-8-6-13(7-9-14)17(22)20-21-18(23)16-15(10-11-24-16)12-4-2-1-3-5-12/h1-11H,(H,20,22)(H,21,23). The van der Waals surface area contributed by atoms with Gasteiger partial charge in [-0.05, 0) is 35.9 Å². The minimum absolute atomic E-state index is 0.136. The molecular weight excluding hydrogens is 372 g/mol. The minimum Gasteiger partial charge on any atom is -0.458 e. The smallest absolute Gasteiger partial charge is 0.306 e. The first-order valence-corrected chi connectivity index (χ1v) is 7.93. The van der Waals surface area contributed by atoms with Crippen LogP contribution in [0.15, 0.2) is 75.8 Å². The zero-order valence-electron chi connectivity index (χ0n) is 12.5. The number of hydrazine groups is 1. The van der Waals surface area contributed by atoms with E-state index in [9.17, 15) is 9.59 Å². The van der Waals surface area contributed by atoms with Crippen LogP contribution in [0.1, 0.15) is 20.9 Å². The van der Waals surface area contributed by atoms with E-state index in [0.717, 1.165) is 10.0 Å². The highest BCUT2D eigenvalue weighted by Gasteiger charge is 2.17. The Morgan fingerprint density at radius 2 is 1.50 bits per heavy atom. The lowest BCUT2D eigenvalue weighted by Crippen LogP contribution is -2.41. The first kappa shape index (κ1) is 16.0. The molecule has 24 heavy (non-hydrogen) atoms. The SMILES string of the molecule is O=C(NNC(=O)c1occc1-c1ccccc1)c1ccc(Br)cc1. The molecule has 5 nitrogen and oxygen atoms in total. The van der Waals surface area contributed by atoms with Crippen LogP contribution in [0.2, 0.25) is 0 Å². The lowest BCUT2D eigenvalue weighted by molar-refractivity contribution is 0.0831. The highest BCUT2D eigenvalue weighted by Crippen LogP contribution is 2.24. The molecule has 3 rings (SSSR count). The third-order valence-electron chi connectivity index (χ3n) is 3.35. The molecule has 0 unspecified atom stereocenters. The minimum atomic E-state index is -0.524. The highest BCUT2D eigenvalue weighted by atomic mass is 79.9. The fourth-order valence-corrected chi connectivity index (χ4v) is 2.44. The summed E-state index contributed by atoms with van der Waals surface area (Å²) in [7, 11) is 0.